The van der Waals surface area contributed by atoms with Crippen molar-refractivity contribution in [3.63, 3.8) is 0 Å². The normalized spacial score (nSPS) is 40.4. The number of fused-ring (bicyclic) bond motifs is 5. The van der Waals surface area contributed by atoms with Gasteiger partial charge in [-0.2, -0.15) is 0 Å². The van der Waals surface area contributed by atoms with Crippen LogP contribution in [0.25, 0.3) is 0 Å². The molecule has 0 bridgehead atoms. The second-order valence-corrected chi connectivity index (χ2v) is 34.3. The maximum Gasteiger partial charge on any atom is 0.303 e. The van der Waals surface area contributed by atoms with E-state index in [-0.39, 0.29) is 41.0 Å². The molecule has 48 heavy (non-hydrogen) atoms. The summed E-state index contributed by atoms with van der Waals surface area (Å²) in [7, 11) is -5.57. The number of ether oxygens (including phenoxy) is 1. The van der Waals surface area contributed by atoms with Gasteiger partial charge >= 0.3 is 5.97 Å². The molecule has 4 aliphatic rings. The Morgan fingerprint density at radius 3 is 1.92 bits per heavy atom. The van der Waals surface area contributed by atoms with Crippen LogP contribution in [0.15, 0.2) is 0 Å². The van der Waals surface area contributed by atoms with Crippen molar-refractivity contribution in [1.82, 2.24) is 0 Å². The van der Waals surface area contributed by atoms with Crippen LogP contribution < -0.4 is 0 Å². The molecule has 4 saturated carbocycles. The average Bonchev–Trinajstić information content (AvgIpc) is 3.25. The zero-order chi connectivity index (χ0) is 36.5. The van der Waals surface area contributed by atoms with E-state index in [0.29, 0.717) is 36.0 Å². The van der Waals surface area contributed by atoms with Gasteiger partial charge in [-0.1, -0.05) is 34.1 Å². The van der Waals surface area contributed by atoms with Crippen LogP contribution >= 0.6 is 0 Å². The highest BCUT2D eigenvalue weighted by atomic mass is 28.4. The standard InChI is InChI=1S/C39H76O6Si3/c1-26(17-18-27(2)36(4,5)42-28(3)40)31-19-20-32-30-23-35(45-48(14,15)16)39(41)25-29(43-46(8,9)10)21-22-37(39,6)33(30)24-34(38(31,32)7)44-47(11,12)13/h26-27,29-35,41H,17-25H2,1-16H3/t26-,27-,29+,30+,31-,32+,33+,34-,35-,37-,38-,39+/m1/s1. The van der Waals surface area contributed by atoms with Crippen molar-refractivity contribution in [3.8, 4) is 0 Å². The lowest BCUT2D eigenvalue weighted by molar-refractivity contribution is -0.269. The maximum absolute atomic E-state index is 13.2. The Hall–Kier alpha value is -0.0394. The van der Waals surface area contributed by atoms with Gasteiger partial charge in [0.1, 0.15) is 5.60 Å². The maximum atomic E-state index is 13.2. The van der Waals surface area contributed by atoms with Crippen molar-refractivity contribution in [2.45, 2.75) is 195 Å². The zero-order valence-electron chi connectivity index (χ0n) is 34.0. The van der Waals surface area contributed by atoms with E-state index in [1.54, 1.807) is 0 Å². The molecule has 1 N–H and O–H groups in total. The fourth-order valence-electron chi connectivity index (χ4n) is 11.4. The monoisotopic (exact) mass is 724 g/mol. The molecule has 0 unspecified atom stereocenters. The number of hydrogen-bond acceptors (Lipinski definition) is 6. The highest BCUT2D eigenvalue weighted by Gasteiger charge is 2.70. The van der Waals surface area contributed by atoms with Gasteiger partial charge < -0.3 is 23.1 Å². The van der Waals surface area contributed by atoms with E-state index in [0.717, 1.165) is 38.5 Å². The van der Waals surface area contributed by atoms with Crippen molar-refractivity contribution >= 4 is 30.9 Å². The second kappa shape index (κ2) is 13.7. The first-order valence-electron chi connectivity index (χ1n) is 19.6. The predicted molar refractivity (Wildman–Crippen MR) is 206 cm³/mol. The van der Waals surface area contributed by atoms with E-state index in [9.17, 15) is 9.90 Å². The third-order valence-corrected chi connectivity index (χ3v) is 16.8. The first-order valence-corrected chi connectivity index (χ1v) is 29.8. The summed E-state index contributed by atoms with van der Waals surface area (Å²) in [6, 6.07) is 0. The van der Waals surface area contributed by atoms with Crippen LogP contribution in [0.3, 0.4) is 0 Å². The molecule has 0 radical (unpaired) electrons. The number of aliphatic hydroxyl groups is 1. The molecule has 280 valence electrons. The van der Waals surface area contributed by atoms with Crippen molar-refractivity contribution in [2.24, 2.45) is 46.3 Å². The Morgan fingerprint density at radius 1 is 0.812 bits per heavy atom. The molecule has 0 heterocycles. The number of carbonyl (C=O) groups is 1. The van der Waals surface area contributed by atoms with Crippen molar-refractivity contribution in [3.05, 3.63) is 0 Å². The average molecular weight is 725 g/mol. The van der Waals surface area contributed by atoms with Crippen molar-refractivity contribution in [1.29, 1.82) is 0 Å². The van der Waals surface area contributed by atoms with Crippen LogP contribution in [0.1, 0.15) is 106 Å². The Labute approximate surface area is 299 Å². The zero-order valence-corrected chi connectivity index (χ0v) is 37.0. The lowest BCUT2D eigenvalue weighted by Gasteiger charge is -2.68. The van der Waals surface area contributed by atoms with Crippen LogP contribution in [0.2, 0.25) is 58.9 Å². The van der Waals surface area contributed by atoms with Gasteiger partial charge in [0, 0.05) is 24.9 Å². The molecule has 12 atom stereocenters. The van der Waals surface area contributed by atoms with Crippen LogP contribution in [0.4, 0.5) is 0 Å². The summed E-state index contributed by atoms with van der Waals surface area (Å²) in [5, 5.41) is 13.2. The Kier molecular flexibility index (Phi) is 11.7. The van der Waals surface area contributed by atoms with E-state index in [4.69, 9.17) is 18.0 Å². The number of hydrogen-bond donors (Lipinski definition) is 1. The number of rotatable bonds is 12. The van der Waals surface area contributed by atoms with E-state index in [1.165, 1.54) is 19.8 Å². The smallest absolute Gasteiger partial charge is 0.303 e. The van der Waals surface area contributed by atoms with Gasteiger partial charge in [-0.05, 0) is 159 Å². The molecule has 6 nitrogen and oxygen atoms in total. The van der Waals surface area contributed by atoms with Crippen LogP contribution in [0, 0.1) is 46.3 Å². The van der Waals surface area contributed by atoms with Gasteiger partial charge in [0.05, 0.1) is 17.8 Å². The molecule has 9 heteroatoms. The lowest BCUT2D eigenvalue weighted by atomic mass is 9.41. The molecule has 4 fully saturated rings. The molecular weight excluding hydrogens is 649 g/mol. The van der Waals surface area contributed by atoms with Gasteiger partial charge in [-0.15, -0.1) is 0 Å². The molecular formula is C39H76O6Si3. The lowest BCUT2D eigenvalue weighted by Crippen LogP contribution is -2.71. The minimum Gasteiger partial charge on any atom is -0.460 e. The molecule has 4 aliphatic carbocycles. The summed E-state index contributed by atoms with van der Waals surface area (Å²) < 4.78 is 26.9. The summed E-state index contributed by atoms with van der Waals surface area (Å²) in [6.45, 7) is 36.2. The van der Waals surface area contributed by atoms with Crippen LogP contribution in [-0.2, 0) is 22.8 Å². The molecule has 0 aromatic carbocycles. The quantitative estimate of drug-likeness (QED) is 0.160. The minimum atomic E-state index is -1.95. The van der Waals surface area contributed by atoms with Gasteiger partial charge in [0.25, 0.3) is 0 Å². The second-order valence-electron chi connectivity index (χ2n) is 20.9. The summed E-state index contributed by atoms with van der Waals surface area (Å²) in [6.07, 6.45) is 9.50. The summed E-state index contributed by atoms with van der Waals surface area (Å²) in [4.78, 5) is 11.8. The fourth-order valence-corrected chi connectivity index (χ4v) is 15.0. The molecule has 0 amide bonds. The molecule has 0 spiro atoms. The van der Waals surface area contributed by atoms with Crippen LogP contribution in [0.5, 0.6) is 0 Å². The topological polar surface area (TPSA) is 74.2 Å². The fraction of sp³-hybridized carbons (Fsp3) is 0.974. The highest BCUT2D eigenvalue weighted by molar-refractivity contribution is 6.70. The van der Waals surface area contributed by atoms with Crippen molar-refractivity contribution < 1.29 is 27.9 Å². The first-order chi connectivity index (χ1) is 21.6. The Balaban J connectivity index is 1.69. The number of esters is 1. The summed E-state index contributed by atoms with van der Waals surface area (Å²) >= 11 is 0. The Bertz CT molecular complexity index is 1140. The van der Waals surface area contributed by atoms with Gasteiger partial charge in [0.2, 0.25) is 0 Å². The summed E-state index contributed by atoms with van der Waals surface area (Å²) in [5.74, 6) is 2.72. The molecule has 0 aliphatic heterocycles. The van der Waals surface area contributed by atoms with Gasteiger partial charge in [-0.25, -0.2) is 0 Å². The third-order valence-electron chi connectivity index (χ3n) is 13.8. The van der Waals surface area contributed by atoms with E-state index < -0.39 is 36.2 Å². The predicted octanol–water partition coefficient (Wildman–Crippen LogP) is 10.0. The van der Waals surface area contributed by atoms with Gasteiger partial charge in [-0.3, -0.25) is 4.79 Å². The van der Waals surface area contributed by atoms with E-state index in [1.807, 2.05) is 0 Å². The Morgan fingerprint density at radius 2 is 1.38 bits per heavy atom. The van der Waals surface area contributed by atoms with Crippen molar-refractivity contribution in [2.75, 3.05) is 0 Å². The highest BCUT2D eigenvalue weighted by Crippen LogP contribution is 2.70. The summed E-state index contributed by atoms with van der Waals surface area (Å²) in [5.41, 5.74) is -1.51. The third kappa shape index (κ3) is 8.27. The molecule has 0 aromatic rings. The minimum absolute atomic E-state index is 0.0865. The number of carbonyl (C=O) groups excluding carboxylic acids is 1. The van der Waals surface area contributed by atoms with E-state index in [2.05, 4.69) is 100 Å². The SMILES string of the molecule is CC(=O)OC(C)(C)[C@H](C)CC[C@@H](C)[C@H]1CC[C@H]2[C@@H]3C[C@@H](O[Si](C)(C)C)[C@@]4(O)C[C@@H](O[Si](C)(C)C)CC[C@]4(C)[C@H]3C[C@@H](O[Si](C)(C)C)[C@]12C. The first kappa shape index (κ1) is 40.7. The van der Waals surface area contributed by atoms with E-state index >= 15 is 0 Å². The van der Waals surface area contributed by atoms with Crippen LogP contribution in [-0.4, -0.2) is 65.5 Å². The van der Waals surface area contributed by atoms with Gasteiger partial charge in [0.15, 0.2) is 25.0 Å². The molecule has 4 rings (SSSR count). The largest absolute Gasteiger partial charge is 0.460 e. The molecule has 0 aromatic heterocycles. The molecule has 0 saturated heterocycles.